The van der Waals surface area contributed by atoms with Crippen LogP contribution < -0.4 is 5.32 Å². The van der Waals surface area contributed by atoms with Crippen LogP contribution >= 0.6 is 0 Å². The number of carbonyl (C=O) groups is 2. The Labute approximate surface area is 102 Å². The van der Waals surface area contributed by atoms with Gasteiger partial charge in [0, 0.05) is 6.42 Å². The quantitative estimate of drug-likeness (QED) is 0.623. The molecule has 0 aromatic heterocycles. The molecule has 0 amide bonds. The van der Waals surface area contributed by atoms with Crippen LogP contribution in [-0.2, 0) is 20.9 Å². The highest BCUT2D eigenvalue weighted by Crippen LogP contribution is 1.99. The van der Waals surface area contributed by atoms with Crippen LogP contribution in [0.4, 0.5) is 0 Å². The minimum Gasteiger partial charge on any atom is -0.460 e. The lowest BCUT2D eigenvalue weighted by Crippen LogP contribution is -2.20. The summed E-state index contributed by atoms with van der Waals surface area (Å²) in [6.07, 6.45) is 1.51. The van der Waals surface area contributed by atoms with Crippen molar-refractivity contribution in [1.29, 1.82) is 0 Å². The lowest BCUT2D eigenvalue weighted by molar-refractivity contribution is -0.143. The fraction of sp³-hybridized carbons (Fsp3) is 0.385. The van der Waals surface area contributed by atoms with E-state index in [0.29, 0.717) is 13.0 Å². The van der Waals surface area contributed by atoms with E-state index in [1.807, 2.05) is 37.3 Å². The molecule has 0 unspecified atom stereocenters. The largest absolute Gasteiger partial charge is 0.460 e. The number of carbonyl (C=O) groups excluding carboxylic acids is 2. The van der Waals surface area contributed by atoms with Crippen molar-refractivity contribution in [1.82, 2.24) is 5.32 Å². The fourth-order valence-corrected chi connectivity index (χ4v) is 0.933. The van der Waals surface area contributed by atoms with Crippen LogP contribution in [-0.4, -0.2) is 25.8 Å². The summed E-state index contributed by atoms with van der Waals surface area (Å²) in [6, 6.07) is 9.61. The zero-order valence-corrected chi connectivity index (χ0v) is 10.3. The number of aldehydes is 1. The molecule has 0 atom stereocenters. The summed E-state index contributed by atoms with van der Waals surface area (Å²) < 4.78 is 4.97. The van der Waals surface area contributed by atoms with E-state index in [9.17, 15) is 9.59 Å². The number of rotatable bonds is 5. The third-order valence-electron chi connectivity index (χ3n) is 1.73. The molecule has 0 aliphatic carbocycles. The van der Waals surface area contributed by atoms with Gasteiger partial charge in [-0.2, -0.15) is 0 Å². The van der Waals surface area contributed by atoms with Crippen LogP contribution in [0.2, 0.25) is 0 Å². The minimum atomic E-state index is -0.230. The van der Waals surface area contributed by atoms with Crippen molar-refractivity contribution in [2.75, 3.05) is 13.6 Å². The van der Waals surface area contributed by atoms with Gasteiger partial charge < -0.3 is 14.8 Å². The Morgan fingerprint density at radius 1 is 1.35 bits per heavy atom. The highest BCUT2D eigenvalue weighted by molar-refractivity contribution is 5.71. The zero-order valence-electron chi connectivity index (χ0n) is 10.3. The van der Waals surface area contributed by atoms with Crippen molar-refractivity contribution >= 4 is 12.3 Å². The maximum atomic E-state index is 10.9. The summed E-state index contributed by atoms with van der Waals surface area (Å²) >= 11 is 0. The molecule has 0 heterocycles. The van der Waals surface area contributed by atoms with E-state index in [2.05, 4.69) is 5.32 Å². The maximum Gasteiger partial charge on any atom is 0.320 e. The molecule has 1 aromatic rings. The minimum absolute atomic E-state index is 0.230. The van der Waals surface area contributed by atoms with Gasteiger partial charge in [-0.1, -0.05) is 37.3 Å². The maximum absolute atomic E-state index is 10.9. The second-order valence-electron chi connectivity index (χ2n) is 3.25. The standard InChI is InChI=1S/C10H13NO2.C3H6O/c1-11-7-10(12)13-8-9-5-3-2-4-6-9;1-2-3-4/h2-6,11H,7-8H2,1H3;3H,2H2,1H3. The van der Waals surface area contributed by atoms with E-state index in [1.54, 1.807) is 7.05 Å². The molecular formula is C13H19NO3. The normalized spacial score (nSPS) is 8.82. The molecule has 0 aliphatic heterocycles. The van der Waals surface area contributed by atoms with Gasteiger partial charge in [-0.3, -0.25) is 4.79 Å². The average molecular weight is 237 g/mol. The van der Waals surface area contributed by atoms with Crippen LogP contribution in [0.1, 0.15) is 18.9 Å². The first-order valence-corrected chi connectivity index (χ1v) is 5.52. The average Bonchev–Trinajstić information content (AvgIpc) is 2.38. The van der Waals surface area contributed by atoms with Crippen LogP contribution in [0.5, 0.6) is 0 Å². The molecule has 0 radical (unpaired) electrons. The predicted octanol–water partition coefficient (Wildman–Crippen LogP) is 1.54. The van der Waals surface area contributed by atoms with Crippen molar-refractivity contribution in [2.45, 2.75) is 20.0 Å². The van der Waals surface area contributed by atoms with Crippen LogP contribution in [0.25, 0.3) is 0 Å². The van der Waals surface area contributed by atoms with Gasteiger partial charge in [0.1, 0.15) is 12.9 Å². The van der Waals surface area contributed by atoms with Gasteiger partial charge in [0.25, 0.3) is 0 Å². The third-order valence-corrected chi connectivity index (χ3v) is 1.73. The summed E-state index contributed by atoms with van der Waals surface area (Å²) in [7, 11) is 1.71. The second kappa shape index (κ2) is 10.8. The Balaban J connectivity index is 0.000000557. The van der Waals surface area contributed by atoms with Crippen LogP contribution in [0, 0.1) is 0 Å². The molecular weight excluding hydrogens is 218 g/mol. The Morgan fingerprint density at radius 2 is 1.94 bits per heavy atom. The molecule has 0 bridgehead atoms. The number of hydrogen-bond donors (Lipinski definition) is 1. The van der Waals surface area contributed by atoms with Gasteiger partial charge in [-0.15, -0.1) is 0 Å². The fourth-order valence-electron chi connectivity index (χ4n) is 0.933. The predicted molar refractivity (Wildman–Crippen MR) is 66.5 cm³/mol. The van der Waals surface area contributed by atoms with Gasteiger partial charge in [0.2, 0.25) is 0 Å². The van der Waals surface area contributed by atoms with E-state index in [4.69, 9.17) is 4.74 Å². The smallest absolute Gasteiger partial charge is 0.320 e. The first-order chi connectivity index (χ1) is 8.24. The number of benzene rings is 1. The summed E-state index contributed by atoms with van der Waals surface area (Å²) in [6.45, 7) is 2.42. The molecule has 0 spiro atoms. The highest BCUT2D eigenvalue weighted by atomic mass is 16.5. The monoisotopic (exact) mass is 237 g/mol. The Bertz CT molecular complexity index is 312. The number of esters is 1. The first-order valence-electron chi connectivity index (χ1n) is 5.52. The van der Waals surface area contributed by atoms with Crippen molar-refractivity contribution in [3.8, 4) is 0 Å². The number of ether oxygens (including phenoxy) is 1. The molecule has 4 heteroatoms. The second-order valence-corrected chi connectivity index (χ2v) is 3.25. The van der Waals surface area contributed by atoms with Crippen LogP contribution in [0.15, 0.2) is 30.3 Å². The Hall–Kier alpha value is -1.68. The number of nitrogens with one attached hydrogen (secondary N) is 1. The molecule has 94 valence electrons. The van der Waals surface area contributed by atoms with Gasteiger partial charge >= 0.3 is 5.97 Å². The lowest BCUT2D eigenvalue weighted by atomic mass is 10.2. The molecule has 17 heavy (non-hydrogen) atoms. The Kier molecular flexibility index (Phi) is 9.76. The van der Waals surface area contributed by atoms with E-state index in [-0.39, 0.29) is 12.5 Å². The van der Waals surface area contributed by atoms with Crippen molar-refractivity contribution in [3.63, 3.8) is 0 Å². The molecule has 0 fully saturated rings. The topological polar surface area (TPSA) is 55.4 Å². The van der Waals surface area contributed by atoms with Crippen molar-refractivity contribution in [2.24, 2.45) is 0 Å². The SMILES string of the molecule is CCC=O.CNCC(=O)OCc1ccccc1. The molecule has 1 N–H and O–H groups in total. The molecule has 0 saturated carbocycles. The number of hydrogen-bond acceptors (Lipinski definition) is 4. The van der Waals surface area contributed by atoms with Crippen LogP contribution in [0.3, 0.4) is 0 Å². The molecule has 0 aliphatic rings. The summed E-state index contributed by atoms with van der Waals surface area (Å²) in [5.41, 5.74) is 1.01. The van der Waals surface area contributed by atoms with Gasteiger partial charge in [-0.05, 0) is 12.6 Å². The van der Waals surface area contributed by atoms with Gasteiger partial charge in [0.15, 0.2) is 0 Å². The van der Waals surface area contributed by atoms with Gasteiger partial charge in [0.05, 0.1) is 6.54 Å². The summed E-state index contributed by atoms with van der Waals surface area (Å²) in [4.78, 5) is 20.1. The lowest BCUT2D eigenvalue weighted by Gasteiger charge is -2.03. The highest BCUT2D eigenvalue weighted by Gasteiger charge is 1.99. The van der Waals surface area contributed by atoms with E-state index < -0.39 is 0 Å². The van der Waals surface area contributed by atoms with Crippen molar-refractivity contribution in [3.05, 3.63) is 35.9 Å². The van der Waals surface area contributed by atoms with E-state index in [0.717, 1.165) is 11.8 Å². The van der Waals surface area contributed by atoms with E-state index in [1.165, 1.54) is 0 Å². The summed E-state index contributed by atoms with van der Waals surface area (Å²) in [5, 5.41) is 2.73. The summed E-state index contributed by atoms with van der Waals surface area (Å²) in [5.74, 6) is -0.230. The number of likely N-dealkylation sites (N-methyl/N-ethyl adjacent to an activating group) is 1. The third kappa shape index (κ3) is 9.26. The molecule has 0 saturated heterocycles. The zero-order chi connectivity index (χ0) is 12.9. The first kappa shape index (κ1) is 15.3. The molecule has 1 rings (SSSR count). The Morgan fingerprint density at radius 3 is 2.41 bits per heavy atom. The molecule has 4 nitrogen and oxygen atoms in total. The van der Waals surface area contributed by atoms with E-state index >= 15 is 0 Å². The van der Waals surface area contributed by atoms with Gasteiger partial charge in [-0.25, -0.2) is 0 Å². The molecule has 1 aromatic carbocycles. The van der Waals surface area contributed by atoms with Crippen molar-refractivity contribution < 1.29 is 14.3 Å².